The first kappa shape index (κ1) is 11.9. The summed E-state index contributed by atoms with van der Waals surface area (Å²) in [5.74, 6) is 0. The van der Waals surface area contributed by atoms with Crippen LogP contribution < -0.4 is 5.32 Å². The lowest BCUT2D eigenvalue weighted by Gasteiger charge is -2.23. The maximum Gasteiger partial charge on any atom is 0.0733 e. The highest BCUT2D eigenvalue weighted by Gasteiger charge is 2.41. The van der Waals surface area contributed by atoms with Gasteiger partial charge in [0.05, 0.1) is 12.2 Å². The van der Waals surface area contributed by atoms with Crippen molar-refractivity contribution in [3.05, 3.63) is 35.2 Å². The quantitative estimate of drug-likeness (QED) is 0.916. The molecule has 2 fully saturated rings. The Morgan fingerprint density at radius 1 is 1.32 bits per heavy atom. The first-order chi connectivity index (χ1) is 9.29. The summed E-state index contributed by atoms with van der Waals surface area (Å²) in [4.78, 5) is 1.43. The van der Waals surface area contributed by atoms with E-state index in [1.165, 1.54) is 34.2 Å². The highest BCUT2D eigenvalue weighted by Crippen LogP contribution is 2.36. The molecule has 2 bridgehead atoms. The van der Waals surface area contributed by atoms with Crippen LogP contribution in [0, 0.1) is 0 Å². The van der Waals surface area contributed by atoms with Gasteiger partial charge in [0.15, 0.2) is 0 Å². The van der Waals surface area contributed by atoms with Gasteiger partial charge in [-0.15, -0.1) is 11.3 Å². The molecule has 2 nitrogen and oxygen atoms in total. The number of rotatable bonds is 3. The van der Waals surface area contributed by atoms with Crippen molar-refractivity contribution in [1.82, 2.24) is 5.32 Å². The third-order valence-corrected chi connectivity index (χ3v) is 5.74. The molecule has 1 aromatic heterocycles. The molecular formula is C16H19NOS. The molecular weight excluding hydrogens is 254 g/mol. The van der Waals surface area contributed by atoms with Crippen molar-refractivity contribution in [2.24, 2.45) is 0 Å². The number of hydrogen-bond donors (Lipinski definition) is 1. The smallest absolute Gasteiger partial charge is 0.0733 e. The number of ether oxygens (including phenoxy) is 1. The SMILES string of the molecule is CC(NC1CC2CCC1O2)c1cc2ccccc2s1. The molecule has 4 atom stereocenters. The van der Waals surface area contributed by atoms with Gasteiger partial charge in [0.25, 0.3) is 0 Å². The van der Waals surface area contributed by atoms with Crippen molar-refractivity contribution in [3.63, 3.8) is 0 Å². The van der Waals surface area contributed by atoms with Crippen LogP contribution in [0.4, 0.5) is 0 Å². The summed E-state index contributed by atoms with van der Waals surface area (Å²) in [5, 5.41) is 5.13. The van der Waals surface area contributed by atoms with Crippen LogP contribution in [-0.4, -0.2) is 18.2 Å². The van der Waals surface area contributed by atoms with Crippen LogP contribution in [-0.2, 0) is 4.74 Å². The second-order valence-electron chi connectivity index (χ2n) is 5.79. The lowest BCUT2D eigenvalue weighted by molar-refractivity contribution is 0.0963. The van der Waals surface area contributed by atoms with E-state index in [-0.39, 0.29) is 0 Å². The Balaban J connectivity index is 1.52. The van der Waals surface area contributed by atoms with E-state index in [1.54, 1.807) is 0 Å². The minimum Gasteiger partial charge on any atom is -0.373 e. The fourth-order valence-corrected chi connectivity index (χ4v) is 4.51. The van der Waals surface area contributed by atoms with Gasteiger partial charge in [-0.25, -0.2) is 0 Å². The van der Waals surface area contributed by atoms with Crippen molar-refractivity contribution < 1.29 is 4.74 Å². The summed E-state index contributed by atoms with van der Waals surface area (Å²) in [5.41, 5.74) is 0. The first-order valence-electron chi connectivity index (χ1n) is 7.19. The number of thiophene rings is 1. The summed E-state index contributed by atoms with van der Waals surface area (Å²) in [7, 11) is 0. The molecule has 0 amide bonds. The van der Waals surface area contributed by atoms with E-state index in [0.29, 0.717) is 24.3 Å². The molecule has 2 saturated heterocycles. The summed E-state index contributed by atoms with van der Waals surface area (Å²) in [6.07, 6.45) is 4.68. The van der Waals surface area contributed by atoms with Crippen molar-refractivity contribution in [2.45, 2.75) is 50.5 Å². The molecule has 0 saturated carbocycles. The average Bonchev–Trinajstić information content (AvgIpc) is 3.12. The van der Waals surface area contributed by atoms with E-state index < -0.39 is 0 Å². The number of hydrogen-bond acceptors (Lipinski definition) is 3. The maximum absolute atomic E-state index is 5.92. The molecule has 0 aliphatic carbocycles. The summed E-state index contributed by atoms with van der Waals surface area (Å²) in [6, 6.07) is 11.9. The van der Waals surface area contributed by atoms with Gasteiger partial charge in [-0.05, 0) is 43.7 Å². The lowest BCUT2D eigenvalue weighted by Crippen LogP contribution is -2.38. The molecule has 2 aromatic rings. The molecule has 1 N–H and O–H groups in total. The van der Waals surface area contributed by atoms with Crippen molar-refractivity contribution >= 4 is 21.4 Å². The standard InChI is InChI=1S/C16H19NOS/c1-10(17-13-9-12-6-7-14(13)18-12)16-8-11-4-2-3-5-15(11)19-16/h2-5,8,10,12-14,17H,6-7,9H2,1H3. The molecule has 2 aliphatic rings. The number of fused-ring (bicyclic) bond motifs is 3. The van der Waals surface area contributed by atoms with Crippen molar-refractivity contribution in [1.29, 1.82) is 0 Å². The van der Waals surface area contributed by atoms with E-state index in [1.807, 2.05) is 11.3 Å². The second kappa shape index (κ2) is 4.58. The van der Waals surface area contributed by atoms with E-state index >= 15 is 0 Å². The molecule has 4 unspecified atom stereocenters. The fourth-order valence-electron chi connectivity index (χ4n) is 3.43. The number of nitrogens with one attached hydrogen (secondary N) is 1. The lowest BCUT2D eigenvalue weighted by atomic mass is 9.95. The molecule has 2 aliphatic heterocycles. The van der Waals surface area contributed by atoms with Crippen LogP contribution >= 0.6 is 11.3 Å². The monoisotopic (exact) mass is 273 g/mol. The van der Waals surface area contributed by atoms with Gasteiger partial charge in [0, 0.05) is 21.7 Å². The molecule has 0 radical (unpaired) electrons. The second-order valence-corrected chi connectivity index (χ2v) is 6.91. The van der Waals surface area contributed by atoms with Crippen LogP contribution in [0.2, 0.25) is 0 Å². The zero-order valence-electron chi connectivity index (χ0n) is 11.1. The Morgan fingerprint density at radius 2 is 2.21 bits per heavy atom. The topological polar surface area (TPSA) is 21.3 Å². The number of benzene rings is 1. The third kappa shape index (κ3) is 2.10. The minimum atomic E-state index is 0.422. The molecule has 4 rings (SSSR count). The fraction of sp³-hybridized carbons (Fsp3) is 0.500. The van der Waals surface area contributed by atoms with Crippen LogP contribution in [0.5, 0.6) is 0 Å². The third-order valence-electron chi connectivity index (χ3n) is 4.44. The highest BCUT2D eigenvalue weighted by atomic mass is 32.1. The maximum atomic E-state index is 5.92. The summed E-state index contributed by atoms with van der Waals surface area (Å²) in [6.45, 7) is 2.27. The minimum absolute atomic E-state index is 0.422. The first-order valence-corrected chi connectivity index (χ1v) is 8.01. The van der Waals surface area contributed by atoms with Crippen LogP contribution in [0.25, 0.3) is 10.1 Å². The Bertz CT molecular complexity index is 560. The van der Waals surface area contributed by atoms with Gasteiger partial charge in [-0.2, -0.15) is 0 Å². The molecule has 100 valence electrons. The summed E-state index contributed by atoms with van der Waals surface area (Å²) >= 11 is 1.91. The van der Waals surface area contributed by atoms with Crippen LogP contribution in [0.3, 0.4) is 0 Å². The Morgan fingerprint density at radius 3 is 2.95 bits per heavy atom. The predicted octanol–water partition coefficient (Wildman–Crippen LogP) is 3.87. The van der Waals surface area contributed by atoms with Crippen LogP contribution in [0.1, 0.15) is 37.1 Å². The Hall–Kier alpha value is -0.900. The molecule has 3 heteroatoms. The van der Waals surface area contributed by atoms with E-state index in [4.69, 9.17) is 4.74 Å². The van der Waals surface area contributed by atoms with Gasteiger partial charge >= 0.3 is 0 Å². The van der Waals surface area contributed by atoms with Gasteiger partial charge in [0.1, 0.15) is 0 Å². The Labute approximate surface area is 117 Å². The van der Waals surface area contributed by atoms with Gasteiger partial charge in [-0.1, -0.05) is 18.2 Å². The van der Waals surface area contributed by atoms with Gasteiger partial charge in [0.2, 0.25) is 0 Å². The largest absolute Gasteiger partial charge is 0.373 e. The molecule has 3 heterocycles. The normalized spacial score (nSPS) is 31.1. The van der Waals surface area contributed by atoms with Gasteiger partial charge in [-0.3, -0.25) is 0 Å². The van der Waals surface area contributed by atoms with Gasteiger partial charge < -0.3 is 10.1 Å². The highest BCUT2D eigenvalue weighted by molar-refractivity contribution is 7.19. The summed E-state index contributed by atoms with van der Waals surface area (Å²) < 4.78 is 7.31. The van der Waals surface area contributed by atoms with E-state index in [2.05, 4.69) is 42.6 Å². The van der Waals surface area contributed by atoms with Crippen molar-refractivity contribution in [2.75, 3.05) is 0 Å². The van der Waals surface area contributed by atoms with E-state index in [0.717, 1.165) is 0 Å². The van der Waals surface area contributed by atoms with E-state index in [9.17, 15) is 0 Å². The average molecular weight is 273 g/mol. The molecule has 19 heavy (non-hydrogen) atoms. The predicted molar refractivity (Wildman–Crippen MR) is 79.7 cm³/mol. The zero-order chi connectivity index (χ0) is 12.8. The van der Waals surface area contributed by atoms with Crippen LogP contribution in [0.15, 0.2) is 30.3 Å². The van der Waals surface area contributed by atoms with Crippen molar-refractivity contribution in [3.8, 4) is 0 Å². The molecule has 0 spiro atoms. The molecule has 1 aromatic carbocycles. The zero-order valence-corrected chi connectivity index (χ0v) is 12.0. The Kier molecular flexibility index (Phi) is 2.87.